The summed E-state index contributed by atoms with van der Waals surface area (Å²) in [7, 11) is 0. The number of amides is 1. The van der Waals surface area contributed by atoms with Crippen molar-refractivity contribution < 1.29 is 9.53 Å². The number of carbonyl (C=O) groups excluding carboxylic acids is 1. The molecule has 2 heterocycles. The van der Waals surface area contributed by atoms with E-state index in [1.165, 1.54) is 24.8 Å². The first kappa shape index (κ1) is 18.4. The van der Waals surface area contributed by atoms with Gasteiger partial charge in [0, 0.05) is 39.2 Å². The first-order valence-corrected chi connectivity index (χ1v) is 9.97. The topological polar surface area (TPSA) is 32.8 Å². The molecule has 0 saturated carbocycles. The number of nitrogens with zero attached hydrogens (tertiary/aromatic N) is 2. The lowest BCUT2D eigenvalue weighted by Gasteiger charge is -2.29. The average Bonchev–Trinajstić information content (AvgIpc) is 2.89. The molecule has 2 aliphatic heterocycles. The van der Waals surface area contributed by atoms with Crippen molar-refractivity contribution in [3.8, 4) is 0 Å². The van der Waals surface area contributed by atoms with Gasteiger partial charge in [0.25, 0.3) is 0 Å². The normalized spacial score (nSPS) is 22.6. The second-order valence-electron chi connectivity index (χ2n) is 7.36. The highest BCUT2D eigenvalue weighted by Crippen LogP contribution is 2.15. The lowest BCUT2D eigenvalue weighted by molar-refractivity contribution is -0.131. The highest BCUT2D eigenvalue weighted by molar-refractivity contribution is 5.76. The third-order valence-electron chi connectivity index (χ3n) is 5.38. The number of hydrogen-bond acceptors (Lipinski definition) is 3. The second-order valence-corrected chi connectivity index (χ2v) is 7.36. The van der Waals surface area contributed by atoms with Crippen LogP contribution in [0.1, 0.15) is 44.1 Å². The Labute approximate surface area is 152 Å². The van der Waals surface area contributed by atoms with Crippen LogP contribution in [0.2, 0.25) is 0 Å². The van der Waals surface area contributed by atoms with Crippen molar-refractivity contribution in [2.75, 3.05) is 39.3 Å². The largest absolute Gasteiger partial charge is 0.377 e. The molecule has 3 rings (SSSR count). The Morgan fingerprint density at radius 2 is 1.92 bits per heavy atom. The molecule has 1 aromatic carbocycles. The third-order valence-corrected chi connectivity index (χ3v) is 5.38. The van der Waals surface area contributed by atoms with Crippen LogP contribution in [0.25, 0.3) is 0 Å². The fourth-order valence-corrected chi connectivity index (χ4v) is 3.89. The van der Waals surface area contributed by atoms with Gasteiger partial charge in [-0.2, -0.15) is 0 Å². The fraction of sp³-hybridized carbons (Fsp3) is 0.667. The number of carbonyl (C=O) groups is 1. The van der Waals surface area contributed by atoms with Gasteiger partial charge in [-0.3, -0.25) is 9.69 Å². The molecule has 25 heavy (non-hydrogen) atoms. The van der Waals surface area contributed by atoms with Gasteiger partial charge < -0.3 is 9.64 Å². The molecule has 1 unspecified atom stereocenters. The number of benzene rings is 1. The molecule has 2 saturated heterocycles. The lowest BCUT2D eigenvalue weighted by atomic mass is 10.1. The van der Waals surface area contributed by atoms with Crippen LogP contribution >= 0.6 is 0 Å². The van der Waals surface area contributed by atoms with Crippen molar-refractivity contribution in [3.63, 3.8) is 0 Å². The predicted octanol–water partition coefficient (Wildman–Crippen LogP) is 3.11. The molecule has 2 fully saturated rings. The zero-order chi connectivity index (χ0) is 17.3. The van der Waals surface area contributed by atoms with Gasteiger partial charge in [-0.1, -0.05) is 30.3 Å². The van der Waals surface area contributed by atoms with Crippen LogP contribution in [-0.4, -0.2) is 61.1 Å². The van der Waals surface area contributed by atoms with E-state index >= 15 is 0 Å². The highest BCUT2D eigenvalue weighted by atomic mass is 16.5. The SMILES string of the molecule is O=C(CCCc1ccccc1)N1CCCN(CC2CCCCO2)CC1. The zero-order valence-electron chi connectivity index (χ0n) is 15.4. The number of aryl methyl sites for hydroxylation is 1. The Morgan fingerprint density at radius 3 is 2.72 bits per heavy atom. The maximum absolute atomic E-state index is 12.5. The number of hydrogen-bond donors (Lipinski definition) is 0. The van der Waals surface area contributed by atoms with Gasteiger partial charge in [-0.25, -0.2) is 0 Å². The van der Waals surface area contributed by atoms with Crippen LogP contribution < -0.4 is 0 Å². The van der Waals surface area contributed by atoms with Crippen molar-refractivity contribution in [3.05, 3.63) is 35.9 Å². The second kappa shape index (κ2) is 9.93. The summed E-state index contributed by atoms with van der Waals surface area (Å²) in [6.45, 7) is 5.82. The van der Waals surface area contributed by atoms with E-state index in [1.807, 2.05) is 6.07 Å². The van der Waals surface area contributed by atoms with Crippen molar-refractivity contribution in [2.24, 2.45) is 0 Å². The first-order valence-electron chi connectivity index (χ1n) is 9.97. The van der Waals surface area contributed by atoms with Crippen molar-refractivity contribution in [1.82, 2.24) is 9.80 Å². The molecule has 1 atom stereocenters. The highest BCUT2D eigenvalue weighted by Gasteiger charge is 2.22. The number of ether oxygens (including phenoxy) is 1. The van der Waals surface area contributed by atoms with E-state index in [0.717, 1.165) is 58.6 Å². The van der Waals surface area contributed by atoms with Gasteiger partial charge in [-0.05, 0) is 50.6 Å². The minimum atomic E-state index is 0.326. The molecule has 4 heteroatoms. The molecule has 0 aromatic heterocycles. The summed E-state index contributed by atoms with van der Waals surface area (Å²) in [6, 6.07) is 10.5. The average molecular weight is 344 g/mol. The molecule has 0 N–H and O–H groups in total. The summed E-state index contributed by atoms with van der Waals surface area (Å²) in [5.41, 5.74) is 1.32. The third kappa shape index (κ3) is 6.12. The van der Waals surface area contributed by atoms with E-state index in [9.17, 15) is 4.79 Å². The van der Waals surface area contributed by atoms with E-state index in [-0.39, 0.29) is 0 Å². The molecule has 0 bridgehead atoms. The Morgan fingerprint density at radius 1 is 1.04 bits per heavy atom. The van der Waals surface area contributed by atoms with E-state index in [4.69, 9.17) is 4.74 Å². The minimum Gasteiger partial charge on any atom is -0.377 e. The summed E-state index contributed by atoms with van der Waals surface area (Å²) in [4.78, 5) is 17.1. The van der Waals surface area contributed by atoms with E-state index in [2.05, 4.69) is 34.1 Å². The zero-order valence-corrected chi connectivity index (χ0v) is 15.4. The summed E-state index contributed by atoms with van der Waals surface area (Å²) >= 11 is 0. The van der Waals surface area contributed by atoms with Gasteiger partial charge in [0.05, 0.1) is 6.10 Å². The quantitative estimate of drug-likeness (QED) is 0.795. The molecule has 1 aromatic rings. The lowest BCUT2D eigenvalue weighted by Crippen LogP contribution is -2.39. The summed E-state index contributed by atoms with van der Waals surface area (Å²) in [5, 5.41) is 0. The van der Waals surface area contributed by atoms with Crippen LogP contribution in [-0.2, 0) is 16.0 Å². The first-order chi connectivity index (χ1) is 12.3. The maximum Gasteiger partial charge on any atom is 0.222 e. The maximum atomic E-state index is 12.5. The smallest absolute Gasteiger partial charge is 0.222 e. The number of rotatable bonds is 6. The molecule has 4 nitrogen and oxygen atoms in total. The molecule has 0 radical (unpaired) electrons. The standard InChI is InChI=1S/C21H32N2O2/c24-21(12-6-10-19-8-2-1-3-9-19)23-14-7-13-22(15-16-23)18-20-11-4-5-17-25-20/h1-3,8-9,20H,4-7,10-18H2. The van der Waals surface area contributed by atoms with Gasteiger partial charge in [-0.15, -0.1) is 0 Å². The minimum absolute atomic E-state index is 0.326. The van der Waals surface area contributed by atoms with Gasteiger partial charge in [0.15, 0.2) is 0 Å². The molecule has 1 amide bonds. The van der Waals surface area contributed by atoms with Crippen molar-refractivity contribution >= 4 is 5.91 Å². The van der Waals surface area contributed by atoms with E-state index in [1.54, 1.807) is 0 Å². The van der Waals surface area contributed by atoms with Gasteiger partial charge in [0.1, 0.15) is 0 Å². The van der Waals surface area contributed by atoms with Crippen molar-refractivity contribution in [1.29, 1.82) is 0 Å². The molecule has 0 aliphatic carbocycles. The van der Waals surface area contributed by atoms with E-state index < -0.39 is 0 Å². The van der Waals surface area contributed by atoms with Crippen molar-refractivity contribution in [2.45, 2.75) is 51.0 Å². The van der Waals surface area contributed by atoms with Crippen LogP contribution in [0.15, 0.2) is 30.3 Å². The molecule has 138 valence electrons. The Hall–Kier alpha value is -1.39. The van der Waals surface area contributed by atoms with Crippen LogP contribution in [0.4, 0.5) is 0 Å². The summed E-state index contributed by atoms with van der Waals surface area (Å²) in [6.07, 6.45) is 7.79. The Balaban J connectivity index is 1.37. The van der Waals surface area contributed by atoms with E-state index in [0.29, 0.717) is 18.4 Å². The van der Waals surface area contributed by atoms with Crippen LogP contribution in [0.5, 0.6) is 0 Å². The predicted molar refractivity (Wildman–Crippen MR) is 101 cm³/mol. The molecular formula is C21H32N2O2. The molecular weight excluding hydrogens is 312 g/mol. The van der Waals surface area contributed by atoms with Gasteiger partial charge >= 0.3 is 0 Å². The monoisotopic (exact) mass is 344 g/mol. The Bertz CT molecular complexity index is 514. The van der Waals surface area contributed by atoms with Crippen LogP contribution in [0.3, 0.4) is 0 Å². The molecule has 0 spiro atoms. The summed E-state index contributed by atoms with van der Waals surface area (Å²) in [5.74, 6) is 0.326. The summed E-state index contributed by atoms with van der Waals surface area (Å²) < 4.78 is 5.87. The Kier molecular flexibility index (Phi) is 7.31. The van der Waals surface area contributed by atoms with Gasteiger partial charge in [0.2, 0.25) is 5.91 Å². The van der Waals surface area contributed by atoms with Crippen LogP contribution in [0, 0.1) is 0 Å². The fourth-order valence-electron chi connectivity index (χ4n) is 3.89. The molecule has 2 aliphatic rings.